The fraction of sp³-hybridized carbons (Fsp3) is 0.167. The lowest BCUT2D eigenvalue weighted by Gasteiger charge is -2.04. The van der Waals surface area contributed by atoms with Crippen molar-refractivity contribution in [1.29, 1.82) is 0 Å². The number of rotatable bonds is 3. The van der Waals surface area contributed by atoms with Crippen molar-refractivity contribution >= 4 is 21.9 Å². The number of hydrogen-bond acceptors (Lipinski definition) is 3. The molecule has 0 spiro atoms. The molecule has 0 fully saturated rings. The molecule has 2 aromatic rings. The first-order chi connectivity index (χ1) is 8.49. The molecule has 0 atom stereocenters. The lowest BCUT2D eigenvalue weighted by atomic mass is 10.2. The third-order valence-corrected chi connectivity index (χ3v) is 3.01. The third-order valence-electron chi connectivity index (χ3n) is 2.52. The van der Waals surface area contributed by atoms with Crippen molar-refractivity contribution in [2.75, 3.05) is 0 Å². The van der Waals surface area contributed by atoms with Gasteiger partial charge in [-0.15, -0.1) is 0 Å². The summed E-state index contributed by atoms with van der Waals surface area (Å²) in [5, 5.41) is 9.06. The van der Waals surface area contributed by atoms with E-state index in [1.807, 2.05) is 24.3 Å². The molecule has 0 radical (unpaired) electrons. The number of aromatic carboxylic acids is 1. The molecule has 1 aromatic heterocycles. The van der Waals surface area contributed by atoms with Crippen LogP contribution in [0.3, 0.4) is 0 Å². The van der Waals surface area contributed by atoms with Crippen LogP contribution in [0.4, 0.5) is 0 Å². The standard InChI is InChI=1S/C12H10BrNO4/c1-7-10(11(15)16)14(18-12(7)17)6-8-3-2-4-9(13)5-8/h2-5H,6H2,1H3,(H,15,16). The van der Waals surface area contributed by atoms with E-state index >= 15 is 0 Å². The second-order valence-electron chi connectivity index (χ2n) is 3.82. The Morgan fingerprint density at radius 2 is 2.22 bits per heavy atom. The van der Waals surface area contributed by atoms with Crippen LogP contribution in [0, 0.1) is 6.92 Å². The Labute approximate surface area is 111 Å². The van der Waals surface area contributed by atoms with Crippen LogP contribution in [0.25, 0.3) is 0 Å². The topological polar surface area (TPSA) is 72.4 Å². The minimum Gasteiger partial charge on any atom is -0.476 e. The summed E-state index contributed by atoms with van der Waals surface area (Å²) in [6, 6.07) is 7.35. The van der Waals surface area contributed by atoms with Crippen LogP contribution in [0.5, 0.6) is 0 Å². The predicted molar refractivity (Wildman–Crippen MR) is 67.9 cm³/mol. The van der Waals surface area contributed by atoms with Crippen LogP contribution in [-0.4, -0.2) is 15.8 Å². The van der Waals surface area contributed by atoms with E-state index in [1.165, 1.54) is 6.92 Å². The first-order valence-electron chi connectivity index (χ1n) is 5.17. The number of carbonyl (C=O) groups is 1. The van der Waals surface area contributed by atoms with Crippen LogP contribution in [-0.2, 0) is 6.54 Å². The van der Waals surface area contributed by atoms with Gasteiger partial charge in [0.1, 0.15) is 0 Å². The SMILES string of the molecule is Cc1c(C(=O)O)n(Cc2cccc(Br)c2)oc1=O. The quantitative estimate of drug-likeness (QED) is 0.943. The van der Waals surface area contributed by atoms with Crippen molar-refractivity contribution in [3.05, 3.63) is 56.0 Å². The van der Waals surface area contributed by atoms with Gasteiger partial charge in [-0.3, -0.25) is 0 Å². The number of nitrogens with zero attached hydrogens (tertiary/aromatic N) is 1. The number of aromatic nitrogens is 1. The Morgan fingerprint density at radius 1 is 1.50 bits per heavy atom. The largest absolute Gasteiger partial charge is 0.476 e. The fourth-order valence-corrected chi connectivity index (χ4v) is 2.12. The second-order valence-corrected chi connectivity index (χ2v) is 4.74. The highest BCUT2D eigenvalue weighted by Crippen LogP contribution is 2.14. The molecular formula is C12H10BrNO4. The van der Waals surface area contributed by atoms with Gasteiger partial charge in [-0.05, 0) is 24.6 Å². The molecule has 0 aliphatic rings. The summed E-state index contributed by atoms with van der Waals surface area (Å²) < 4.78 is 6.89. The average molecular weight is 312 g/mol. The van der Waals surface area contributed by atoms with E-state index in [9.17, 15) is 9.59 Å². The lowest BCUT2D eigenvalue weighted by Crippen LogP contribution is -2.10. The zero-order chi connectivity index (χ0) is 13.3. The number of hydrogen-bond donors (Lipinski definition) is 1. The Morgan fingerprint density at radius 3 is 2.83 bits per heavy atom. The molecule has 2 rings (SSSR count). The van der Waals surface area contributed by atoms with E-state index in [4.69, 9.17) is 9.63 Å². The number of benzene rings is 1. The van der Waals surface area contributed by atoms with Crippen LogP contribution >= 0.6 is 15.9 Å². The maximum Gasteiger partial charge on any atom is 0.361 e. The summed E-state index contributed by atoms with van der Waals surface area (Å²) in [6.45, 7) is 1.64. The molecule has 18 heavy (non-hydrogen) atoms. The fourth-order valence-electron chi connectivity index (χ4n) is 1.68. The molecule has 1 N–H and O–H groups in total. The van der Waals surface area contributed by atoms with Gasteiger partial charge in [0, 0.05) is 4.47 Å². The lowest BCUT2D eigenvalue weighted by molar-refractivity contribution is 0.0669. The monoisotopic (exact) mass is 311 g/mol. The summed E-state index contributed by atoms with van der Waals surface area (Å²) in [6.07, 6.45) is 0. The number of carboxylic acids is 1. The smallest absolute Gasteiger partial charge is 0.361 e. The Balaban J connectivity index is 2.44. The molecule has 94 valence electrons. The molecule has 5 nitrogen and oxygen atoms in total. The van der Waals surface area contributed by atoms with E-state index in [1.54, 1.807) is 0 Å². The first kappa shape index (κ1) is 12.6. The van der Waals surface area contributed by atoms with Crippen molar-refractivity contribution in [2.45, 2.75) is 13.5 Å². The van der Waals surface area contributed by atoms with Crippen LogP contribution in [0.1, 0.15) is 21.6 Å². The van der Waals surface area contributed by atoms with Gasteiger partial charge in [0.25, 0.3) is 0 Å². The molecule has 1 aromatic carbocycles. The van der Waals surface area contributed by atoms with Gasteiger partial charge in [0.2, 0.25) is 0 Å². The zero-order valence-electron chi connectivity index (χ0n) is 9.51. The van der Waals surface area contributed by atoms with Crippen LogP contribution in [0.2, 0.25) is 0 Å². The highest BCUT2D eigenvalue weighted by Gasteiger charge is 2.19. The first-order valence-corrected chi connectivity index (χ1v) is 5.97. The summed E-state index contributed by atoms with van der Waals surface area (Å²) in [5.74, 6) is -1.17. The molecule has 0 aliphatic carbocycles. The van der Waals surface area contributed by atoms with Crippen molar-refractivity contribution in [3.63, 3.8) is 0 Å². The van der Waals surface area contributed by atoms with Gasteiger partial charge in [-0.2, -0.15) is 4.74 Å². The van der Waals surface area contributed by atoms with Crippen molar-refractivity contribution in [3.8, 4) is 0 Å². The van der Waals surface area contributed by atoms with Crippen molar-refractivity contribution < 1.29 is 14.4 Å². The maximum atomic E-state index is 11.4. The van der Waals surface area contributed by atoms with Crippen molar-refractivity contribution in [2.24, 2.45) is 0 Å². The molecular weight excluding hydrogens is 302 g/mol. The zero-order valence-corrected chi connectivity index (χ0v) is 11.1. The molecule has 0 saturated carbocycles. The van der Waals surface area contributed by atoms with E-state index < -0.39 is 11.6 Å². The van der Waals surface area contributed by atoms with E-state index in [-0.39, 0.29) is 17.8 Å². The highest BCUT2D eigenvalue weighted by molar-refractivity contribution is 9.10. The van der Waals surface area contributed by atoms with Gasteiger partial charge >= 0.3 is 11.6 Å². The minimum atomic E-state index is -1.17. The van der Waals surface area contributed by atoms with E-state index in [0.717, 1.165) is 14.8 Å². The van der Waals surface area contributed by atoms with Crippen molar-refractivity contribution in [1.82, 2.24) is 4.74 Å². The second kappa shape index (κ2) is 4.81. The Hall–Kier alpha value is -1.82. The summed E-state index contributed by atoms with van der Waals surface area (Å²) >= 11 is 3.32. The Kier molecular flexibility index (Phi) is 3.38. The molecule has 1 heterocycles. The van der Waals surface area contributed by atoms with Gasteiger partial charge in [-0.25, -0.2) is 9.59 Å². The summed E-state index contributed by atoms with van der Waals surface area (Å²) in [4.78, 5) is 22.4. The predicted octanol–water partition coefficient (Wildman–Crippen LogP) is 2.26. The summed E-state index contributed by atoms with van der Waals surface area (Å²) in [5.41, 5.74) is 0.213. The number of halogens is 1. The Bertz CT molecular complexity index is 656. The van der Waals surface area contributed by atoms with Crippen LogP contribution < -0.4 is 5.63 Å². The van der Waals surface area contributed by atoms with Gasteiger partial charge in [-0.1, -0.05) is 28.1 Å². The molecule has 6 heteroatoms. The molecule has 0 amide bonds. The van der Waals surface area contributed by atoms with E-state index in [2.05, 4.69) is 15.9 Å². The molecule has 0 aliphatic heterocycles. The highest BCUT2D eigenvalue weighted by atomic mass is 79.9. The summed E-state index contributed by atoms with van der Waals surface area (Å²) in [7, 11) is 0. The third kappa shape index (κ3) is 2.38. The molecule has 0 unspecified atom stereocenters. The molecule has 0 bridgehead atoms. The maximum absolute atomic E-state index is 11.4. The van der Waals surface area contributed by atoms with Crippen LogP contribution in [0.15, 0.2) is 38.1 Å². The normalized spacial score (nSPS) is 10.6. The van der Waals surface area contributed by atoms with Gasteiger partial charge in [0.15, 0.2) is 5.69 Å². The van der Waals surface area contributed by atoms with Gasteiger partial charge in [0.05, 0.1) is 12.1 Å². The average Bonchev–Trinajstić information content (AvgIpc) is 2.54. The van der Waals surface area contributed by atoms with E-state index in [0.29, 0.717) is 0 Å². The molecule has 0 saturated heterocycles. The van der Waals surface area contributed by atoms with Gasteiger partial charge < -0.3 is 9.63 Å². The number of carboxylic acid groups (broad SMARTS) is 1. The minimum absolute atomic E-state index is 0.109.